The van der Waals surface area contributed by atoms with Crippen LogP contribution in [0.3, 0.4) is 0 Å². The highest BCUT2D eigenvalue weighted by Crippen LogP contribution is 2.16. The summed E-state index contributed by atoms with van der Waals surface area (Å²) in [6, 6.07) is 7.39. The summed E-state index contributed by atoms with van der Waals surface area (Å²) in [6.07, 6.45) is 5.82. The van der Waals surface area contributed by atoms with Crippen LogP contribution in [0.15, 0.2) is 42.9 Å². The quantitative estimate of drug-likeness (QED) is 0.670. The lowest BCUT2D eigenvalue weighted by atomic mass is 10.1. The summed E-state index contributed by atoms with van der Waals surface area (Å²) in [5.41, 5.74) is 2.37. The van der Waals surface area contributed by atoms with Gasteiger partial charge in [0.25, 0.3) is 0 Å². The average molecular weight is 184 g/mol. The molecule has 2 heterocycles. The van der Waals surface area contributed by atoms with Gasteiger partial charge < -0.3 is 0 Å². The first-order valence-corrected chi connectivity index (χ1v) is 4.22. The first-order chi connectivity index (χ1) is 6.90. The molecule has 0 saturated carbocycles. The summed E-state index contributed by atoms with van der Waals surface area (Å²) in [6.45, 7) is 0. The van der Waals surface area contributed by atoms with Crippen LogP contribution in [-0.2, 0) is 0 Å². The summed E-state index contributed by atoms with van der Waals surface area (Å²) in [4.78, 5) is 18.4. The highest BCUT2D eigenvalue weighted by Gasteiger charge is 1.98. The Kier molecular flexibility index (Phi) is 2.32. The van der Waals surface area contributed by atoms with Crippen molar-refractivity contribution in [2.45, 2.75) is 0 Å². The number of rotatable bonds is 2. The maximum atomic E-state index is 10.5. The zero-order valence-corrected chi connectivity index (χ0v) is 7.42. The van der Waals surface area contributed by atoms with Gasteiger partial charge in [0.2, 0.25) is 0 Å². The highest BCUT2D eigenvalue weighted by atomic mass is 16.1. The zero-order chi connectivity index (χ0) is 9.80. The van der Waals surface area contributed by atoms with Crippen molar-refractivity contribution < 1.29 is 4.79 Å². The van der Waals surface area contributed by atoms with Gasteiger partial charge in [-0.3, -0.25) is 14.8 Å². The van der Waals surface area contributed by atoms with Gasteiger partial charge in [0, 0.05) is 24.2 Å². The zero-order valence-electron chi connectivity index (χ0n) is 7.42. The SMILES string of the molecule is O=Cc1cc(-c2cccnc2)ccn1. The molecule has 0 radical (unpaired) electrons. The second kappa shape index (κ2) is 3.79. The molecule has 3 heteroatoms. The second-order valence-electron chi connectivity index (χ2n) is 2.83. The Bertz CT molecular complexity index is 440. The Hall–Kier alpha value is -2.03. The smallest absolute Gasteiger partial charge is 0.168 e. The number of pyridine rings is 2. The number of aldehydes is 1. The van der Waals surface area contributed by atoms with Crippen molar-refractivity contribution in [3.8, 4) is 11.1 Å². The third-order valence-corrected chi connectivity index (χ3v) is 1.90. The molecule has 0 amide bonds. The molecule has 0 N–H and O–H groups in total. The number of hydrogen-bond acceptors (Lipinski definition) is 3. The molecule has 2 aromatic rings. The van der Waals surface area contributed by atoms with Crippen LogP contribution in [0, 0.1) is 0 Å². The molecule has 0 aliphatic rings. The maximum absolute atomic E-state index is 10.5. The Morgan fingerprint density at radius 2 is 2.07 bits per heavy atom. The molecule has 0 unspecified atom stereocenters. The number of hydrogen-bond donors (Lipinski definition) is 0. The molecule has 2 aromatic heterocycles. The van der Waals surface area contributed by atoms with Gasteiger partial charge in [0.15, 0.2) is 6.29 Å². The van der Waals surface area contributed by atoms with Gasteiger partial charge in [-0.2, -0.15) is 0 Å². The van der Waals surface area contributed by atoms with Gasteiger partial charge in [0.05, 0.1) is 0 Å². The van der Waals surface area contributed by atoms with E-state index in [0.717, 1.165) is 17.4 Å². The molecule has 14 heavy (non-hydrogen) atoms. The summed E-state index contributed by atoms with van der Waals surface area (Å²) >= 11 is 0. The first-order valence-electron chi connectivity index (χ1n) is 4.22. The van der Waals surface area contributed by atoms with Crippen molar-refractivity contribution in [1.29, 1.82) is 0 Å². The molecule has 0 aliphatic carbocycles. The summed E-state index contributed by atoms with van der Waals surface area (Å²) in [5, 5.41) is 0. The van der Waals surface area contributed by atoms with E-state index in [2.05, 4.69) is 9.97 Å². The molecule has 0 atom stereocenters. The van der Waals surface area contributed by atoms with E-state index >= 15 is 0 Å². The monoisotopic (exact) mass is 184 g/mol. The number of aromatic nitrogens is 2. The third-order valence-electron chi connectivity index (χ3n) is 1.90. The third kappa shape index (κ3) is 1.66. The van der Waals surface area contributed by atoms with Crippen LogP contribution < -0.4 is 0 Å². The van der Waals surface area contributed by atoms with Gasteiger partial charge >= 0.3 is 0 Å². The predicted molar refractivity (Wildman–Crippen MR) is 52.9 cm³/mol. The molecule has 3 nitrogen and oxygen atoms in total. The summed E-state index contributed by atoms with van der Waals surface area (Å²) in [7, 11) is 0. The molecule has 68 valence electrons. The van der Waals surface area contributed by atoms with Crippen molar-refractivity contribution in [1.82, 2.24) is 9.97 Å². The largest absolute Gasteiger partial charge is 0.296 e. The first kappa shape index (κ1) is 8.56. The highest BCUT2D eigenvalue weighted by molar-refractivity contribution is 5.75. The minimum Gasteiger partial charge on any atom is -0.296 e. The van der Waals surface area contributed by atoms with Crippen LogP contribution >= 0.6 is 0 Å². The molecule has 0 aliphatic heterocycles. The fourth-order valence-corrected chi connectivity index (χ4v) is 1.23. The molecule has 2 rings (SSSR count). The van der Waals surface area contributed by atoms with Gasteiger partial charge in [-0.05, 0) is 23.8 Å². The molecule has 0 saturated heterocycles. The molecule has 0 spiro atoms. The van der Waals surface area contributed by atoms with Crippen LogP contribution in [0.1, 0.15) is 10.5 Å². The molecular weight excluding hydrogens is 176 g/mol. The molecule has 0 fully saturated rings. The van der Waals surface area contributed by atoms with E-state index in [-0.39, 0.29) is 0 Å². The normalized spacial score (nSPS) is 9.71. The van der Waals surface area contributed by atoms with Crippen molar-refractivity contribution in [3.63, 3.8) is 0 Å². The van der Waals surface area contributed by atoms with Crippen LogP contribution in [0.5, 0.6) is 0 Å². The minimum atomic E-state index is 0.436. The second-order valence-corrected chi connectivity index (χ2v) is 2.83. The maximum Gasteiger partial charge on any atom is 0.168 e. The lowest BCUT2D eigenvalue weighted by molar-refractivity contribution is 0.111. The van der Waals surface area contributed by atoms with Crippen molar-refractivity contribution in [3.05, 3.63) is 48.5 Å². The van der Waals surface area contributed by atoms with Crippen LogP contribution in [0.2, 0.25) is 0 Å². The standard InChI is InChI=1S/C11H8N2O/c14-8-11-6-9(3-5-13-11)10-2-1-4-12-7-10/h1-8H. The molecule has 0 bridgehead atoms. The van der Waals surface area contributed by atoms with Crippen molar-refractivity contribution in [2.24, 2.45) is 0 Å². The Balaban J connectivity index is 2.47. The van der Waals surface area contributed by atoms with Gasteiger partial charge in [0.1, 0.15) is 5.69 Å². The van der Waals surface area contributed by atoms with Crippen molar-refractivity contribution in [2.75, 3.05) is 0 Å². The predicted octanol–water partition coefficient (Wildman–Crippen LogP) is 1.96. The van der Waals surface area contributed by atoms with Gasteiger partial charge in [-0.25, -0.2) is 0 Å². The summed E-state index contributed by atoms with van der Waals surface area (Å²) in [5.74, 6) is 0. The van der Waals surface area contributed by atoms with Crippen molar-refractivity contribution >= 4 is 6.29 Å². The van der Waals surface area contributed by atoms with E-state index in [1.165, 1.54) is 0 Å². The topological polar surface area (TPSA) is 42.9 Å². The fraction of sp³-hybridized carbons (Fsp3) is 0. The van der Waals surface area contributed by atoms with E-state index in [9.17, 15) is 4.79 Å². The lowest BCUT2D eigenvalue weighted by Gasteiger charge is -1.99. The number of nitrogens with zero attached hydrogens (tertiary/aromatic N) is 2. The van der Waals surface area contributed by atoms with Crippen LogP contribution in [0.25, 0.3) is 11.1 Å². The van der Waals surface area contributed by atoms with E-state index in [0.29, 0.717) is 5.69 Å². The Morgan fingerprint density at radius 1 is 1.14 bits per heavy atom. The fourth-order valence-electron chi connectivity index (χ4n) is 1.23. The number of carbonyl (C=O) groups excluding carboxylic acids is 1. The van der Waals surface area contributed by atoms with E-state index < -0.39 is 0 Å². The summed E-state index contributed by atoms with van der Waals surface area (Å²) < 4.78 is 0. The average Bonchev–Trinajstić information content (AvgIpc) is 2.30. The lowest BCUT2D eigenvalue weighted by Crippen LogP contribution is -1.87. The van der Waals surface area contributed by atoms with E-state index in [1.807, 2.05) is 18.2 Å². The van der Waals surface area contributed by atoms with Gasteiger partial charge in [-0.1, -0.05) is 6.07 Å². The molecule has 0 aromatic carbocycles. The van der Waals surface area contributed by atoms with Gasteiger partial charge in [-0.15, -0.1) is 0 Å². The number of carbonyl (C=O) groups is 1. The van der Waals surface area contributed by atoms with E-state index in [4.69, 9.17) is 0 Å². The van der Waals surface area contributed by atoms with Crippen LogP contribution in [-0.4, -0.2) is 16.3 Å². The Morgan fingerprint density at radius 3 is 2.79 bits per heavy atom. The van der Waals surface area contributed by atoms with E-state index in [1.54, 1.807) is 24.7 Å². The van der Waals surface area contributed by atoms with Crippen LogP contribution in [0.4, 0.5) is 0 Å². The molecular formula is C11H8N2O. The Labute approximate surface area is 81.5 Å². The minimum absolute atomic E-state index is 0.436.